The minimum absolute atomic E-state index is 0.253. The number of amides is 3. The lowest BCUT2D eigenvalue weighted by Crippen LogP contribution is -2.36. The molecule has 1 N–H and O–H groups in total. The Labute approximate surface area is 204 Å². The molecule has 0 atom stereocenters. The van der Waals surface area contributed by atoms with Gasteiger partial charge in [0.15, 0.2) is 11.5 Å². The fourth-order valence-electron chi connectivity index (χ4n) is 2.93. The molecule has 0 radical (unpaired) electrons. The number of anilines is 1. The second kappa shape index (κ2) is 11.4. The maximum Gasteiger partial charge on any atom is 0.294 e. The van der Waals surface area contributed by atoms with Crippen LogP contribution in [0.5, 0.6) is 11.5 Å². The summed E-state index contributed by atoms with van der Waals surface area (Å²) < 4.78 is 12.4. The summed E-state index contributed by atoms with van der Waals surface area (Å²) in [4.78, 5) is 38.7. The summed E-state index contributed by atoms with van der Waals surface area (Å²) in [7, 11) is 0. The number of hydrogen-bond donors (Lipinski definition) is 1. The molecule has 2 aromatic carbocycles. The zero-order valence-corrected chi connectivity index (χ0v) is 20.7. The Morgan fingerprint density at radius 2 is 1.91 bits per heavy atom. The van der Waals surface area contributed by atoms with Crippen LogP contribution in [-0.2, 0) is 9.59 Å². The highest BCUT2D eigenvalue weighted by Gasteiger charge is 2.36. The lowest BCUT2D eigenvalue weighted by atomic mass is 10.2. The summed E-state index contributed by atoms with van der Waals surface area (Å²) in [6.45, 7) is 4.60. The Balaban J connectivity index is 1.77. The van der Waals surface area contributed by atoms with Gasteiger partial charge in [-0.3, -0.25) is 19.3 Å². The molecule has 2 aromatic rings. The maximum absolute atomic E-state index is 12.8. The van der Waals surface area contributed by atoms with Gasteiger partial charge in [-0.1, -0.05) is 25.1 Å². The van der Waals surface area contributed by atoms with Crippen molar-refractivity contribution in [3.63, 3.8) is 0 Å². The highest BCUT2D eigenvalue weighted by molar-refractivity contribution is 14.1. The van der Waals surface area contributed by atoms with Gasteiger partial charge in [0.05, 0.1) is 21.7 Å². The normalized spacial score (nSPS) is 14.7. The lowest BCUT2D eigenvalue weighted by molar-refractivity contribution is -0.127. The van der Waals surface area contributed by atoms with E-state index in [4.69, 9.17) is 9.47 Å². The maximum atomic E-state index is 12.8. The van der Waals surface area contributed by atoms with Crippen LogP contribution in [-0.4, -0.2) is 41.7 Å². The quantitative estimate of drug-likeness (QED) is 0.334. The molecule has 9 heteroatoms. The van der Waals surface area contributed by atoms with Crippen molar-refractivity contribution in [1.29, 1.82) is 0 Å². The number of carbonyl (C=O) groups is 3. The summed E-state index contributed by atoms with van der Waals surface area (Å²) in [6.07, 6.45) is 2.50. The Morgan fingerprint density at radius 1 is 1.16 bits per heavy atom. The fourth-order valence-corrected chi connectivity index (χ4v) is 4.55. The third kappa shape index (κ3) is 6.04. The van der Waals surface area contributed by atoms with Gasteiger partial charge in [0.25, 0.3) is 11.1 Å². The van der Waals surface area contributed by atoms with Crippen LogP contribution in [0.2, 0.25) is 0 Å². The first kappa shape index (κ1) is 24.1. The number of rotatable bonds is 9. The van der Waals surface area contributed by atoms with Crippen molar-refractivity contribution < 1.29 is 23.9 Å². The SMILES string of the molecule is CCCOc1c(I)cc(/C=C2\SC(=O)N(CC(=O)Nc3ccccc3)C2=O)cc1OCC. The van der Waals surface area contributed by atoms with Crippen molar-refractivity contribution in [2.45, 2.75) is 20.3 Å². The molecule has 0 spiro atoms. The van der Waals surface area contributed by atoms with E-state index in [9.17, 15) is 14.4 Å². The molecule has 1 fully saturated rings. The molecule has 32 heavy (non-hydrogen) atoms. The molecule has 0 unspecified atom stereocenters. The standard InChI is InChI=1S/C23H23IN2O5S/c1-3-10-31-21-17(24)11-15(12-18(21)30-4-2)13-19-22(28)26(23(29)32-19)14-20(27)25-16-8-6-5-7-9-16/h5-9,11-13H,3-4,10,14H2,1-2H3,(H,25,27)/b19-13-. The predicted octanol–water partition coefficient (Wildman–Crippen LogP) is 5.15. The Kier molecular flexibility index (Phi) is 8.57. The molecule has 1 aliphatic heterocycles. The zero-order valence-electron chi connectivity index (χ0n) is 17.7. The van der Waals surface area contributed by atoms with Crippen LogP contribution in [0.3, 0.4) is 0 Å². The molecule has 3 amide bonds. The van der Waals surface area contributed by atoms with E-state index in [-0.39, 0.29) is 11.4 Å². The van der Waals surface area contributed by atoms with Crippen molar-refractivity contribution >= 4 is 63.2 Å². The number of hydrogen-bond acceptors (Lipinski definition) is 6. The molecular weight excluding hydrogens is 543 g/mol. The minimum Gasteiger partial charge on any atom is -0.490 e. The molecule has 7 nitrogen and oxygen atoms in total. The smallest absolute Gasteiger partial charge is 0.294 e. The summed E-state index contributed by atoms with van der Waals surface area (Å²) in [5.74, 6) is 0.311. The predicted molar refractivity (Wildman–Crippen MR) is 134 cm³/mol. The first-order valence-electron chi connectivity index (χ1n) is 10.1. The topological polar surface area (TPSA) is 84.9 Å². The van der Waals surface area contributed by atoms with Crippen molar-refractivity contribution in [2.75, 3.05) is 25.1 Å². The van der Waals surface area contributed by atoms with Gasteiger partial charge in [-0.25, -0.2) is 0 Å². The zero-order chi connectivity index (χ0) is 23.1. The van der Waals surface area contributed by atoms with Crippen molar-refractivity contribution in [3.05, 3.63) is 56.5 Å². The van der Waals surface area contributed by atoms with Gasteiger partial charge in [-0.05, 0) is 83.6 Å². The fraction of sp³-hybridized carbons (Fsp3) is 0.261. The number of benzene rings is 2. The second-order valence-electron chi connectivity index (χ2n) is 6.79. The van der Waals surface area contributed by atoms with Crippen molar-refractivity contribution in [2.24, 2.45) is 0 Å². The third-order valence-corrected chi connectivity index (χ3v) is 6.02. The summed E-state index contributed by atoms with van der Waals surface area (Å²) in [5.41, 5.74) is 1.31. The first-order valence-corrected chi connectivity index (χ1v) is 12.0. The van der Waals surface area contributed by atoms with E-state index < -0.39 is 17.1 Å². The highest BCUT2D eigenvalue weighted by atomic mass is 127. The Bertz CT molecular complexity index is 1040. The lowest BCUT2D eigenvalue weighted by Gasteiger charge is -2.14. The van der Waals surface area contributed by atoms with Crippen molar-refractivity contribution in [1.82, 2.24) is 4.90 Å². The Morgan fingerprint density at radius 3 is 2.59 bits per heavy atom. The number of carbonyl (C=O) groups excluding carboxylic acids is 3. The molecular formula is C23H23IN2O5S. The van der Waals surface area contributed by atoms with Crippen LogP contribution in [0, 0.1) is 3.57 Å². The van der Waals surface area contributed by atoms with Gasteiger partial charge in [-0.15, -0.1) is 0 Å². The molecule has 0 aromatic heterocycles. The van der Waals surface area contributed by atoms with Gasteiger partial charge in [0.1, 0.15) is 6.54 Å². The van der Waals surface area contributed by atoms with Crippen LogP contribution in [0.15, 0.2) is 47.4 Å². The van der Waals surface area contributed by atoms with Gasteiger partial charge < -0.3 is 14.8 Å². The first-order chi connectivity index (χ1) is 15.4. The largest absolute Gasteiger partial charge is 0.490 e. The average Bonchev–Trinajstić information content (AvgIpc) is 3.01. The molecule has 3 rings (SSSR count). The molecule has 1 saturated heterocycles. The van der Waals surface area contributed by atoms with E-state index in [0.29, 0.717) is 36.0 Å². The van der Waals surface area contributed by atoms with Gasteiger partial charge >= 0.3 is 0 Å². The summed E-state index contributed by atoms with van der Waals surface area (Å²) in [6, 6.07) is 12.5. The highest BCUT2D eigenvalue weighted by Crippen LogP contribution is 2.37. The molecule has 0 saturated carbocycles. The molecule has 1 heterocycles. The van der Waals surface area contributed by atoms with Crippen LogP contribution in [0.4, 0.5) is 10.5 Å². The summed E-state index contributed by atoms with van der Waals surface area (Å²) in [5, 5.41) is 2.20. The number of nitrogens with zero attached hydrogens (tertiary/aromatic N) is 1. The summed E-state index contributed by atoms with van der Waals surface area (Å²) >= 11 is 2.97. The monoisotopic (exact) mass is 566 g/mol. The van der Waals surface area contributed by atoms with Gasteiger partial charge in [0, 0.05) is 5.69 Å². The number of ether oxygens (including phenoxy) is 2. The molecule has 0 aliphatic carbocycles. The van der Waals surface area contributed by atoms with Crippen molar-refractivity contribution in [3.8, 4) is 11.5 Å². The average molecular weight is 566 g/mol. The molecule has 0 bridgehead atoms. The van der Waals surface area contributed by atoms with Crippen LogP contribution in [0.1, 0.15) is 25.8 Å². The van der Waals surface area contributed by atoms with Crippen LogP contribution in [0.25, 0.3) is 6.08 Å². The minimum atomic E-state index is -0.498. The molecule has 1 aliphatic rings. The van der Waals surface area contributed by atoms with E-state index in [1.54, 1.807) is 36.4 Å². The third-order valence-electron chi connectivity index (χ3n) is 4.31. The number of thioether (sulfide) groups is 1. The van der Waals surface area contributed by atoms with E-state index in [1.807, 2.05) is 26.0 Å². The van der Waals surface area contributed by atoms with Crippen LogP contribution < -0.4 is 14.8 Å². The van der Waals surface area contributed by atoms with Gasteiger partial charge in [0.2, 0.25) is 5.91 Å². The number of imide groups is 1. The van der Waals surface area contributed by atoms with Gasteiger partial charge in [-0.2, -0.15) is 0 Å². The number of para-hydroxylation sites is 1. The van der Waals surface area contributed by atoms with Crippen LogP contribution >= 0.6 is 34.4 Å². The van der Waals surface area contributed by atoms with E-state index in [2.05, 4.69) is 27.9 Å². The Hall–Kier alpha value is -2.53. The van der Waals surface area contributed by atoms with E-state index in [1.165, 1.54) is 0 Å². The molecule has 168 valence electrons. The number of halogens is 1. The second-order valence-corrected chi connectivity index (χ2v) is 8.95. The van der Waals surface area contributed by atoms with E-state index in [0.717, 1.165) is 26.7 Å². The van der Waals surface area contributed by atoms with E-state index >= 15 is 0 Å². The number of nitrogens with one attached hydrogen (secondary N) is 1.